The first-order valence-electron chi connectivity index (χ1n) is 4.47. The third-order valence-electron chi connectivity index (χ3n) is 1.57. The first-order valence-corrected chi connectivity index (χ1v) is 4.47. The summed E-state index contributed by atoms with van der Waals surface area (Å²) in [6.07, 6.45) is 0.0743. The van der Waals surface area contributed by atoms with Crippen molar-refractivity contribution in [3.8, 4) is 0 Å². The van der Waals surface area contributed by atoms with Crippen LogP contribution in [0.2, 0.25) is 0 Å². The fourth-order valence-corrected chi connectivity index (χ4v) is 0.817. The monoisotopic (exact) mass is 199 g/mol. The number of hydrogen-bond acceptors (Lipinski definition) is 3. The van der Waals surface area contributed by atoms with Crippen LogP contribution in [0.3, 0.4) is 0 Å². The Morgan fingerprint density at radius 2 is 1.79 bits per heavy atom. The average Bonchev–Trinajstić information content (AvgIpc) is 2.02. The van der Waals surface area contributed by atoms with E-state index in [0.29, 0.717) is 11.5 Å². The molecule has 0 aliphatic carbocycles. The number of rotatable bonds is 4. The molecule has 80 valence electrons. The van der Waals surface area contributed by atoms with Gasteiger partial charge in [-0.15, -0.1) is 0 Å². The molecule has 0 saturated carbocycles. The Morgan fingerprint density at radius 3 is 2.14 bits per heavy atom. The van der Waals surface area contributed by atoms with Crippen LogP contribution in [0.5, 0.6) is 0 Å². The Kier molecular flexibility index (Phi) is 4.91. The summed E-state index contributed by atoms with van der Waals surface area (Å²) in [5, 5.41) is 8.60. The van der Waals surface area contributed by atoms with E-state index < -0.39 is 5.97 Å². The highest BCUT2D eigenvalue weighted by Crippen LogP contribution is 2.09. The number of nitrogens with zero attached hydrogens (tertiary/aromatic N) is 1. The Hall–Kier alpha value is -1.32. The summed E-state index contributed by atoms with van der Waals surface area (Å²) < 4.78 is 5.37. The SMILES string of the molecule is C/C(=N\C(C)=C(/C)OC(C)C)C(=O)O. The standard InChI is InChI=1S/C10H17NO3/c1-6(2)14-9(5)7(3)11-8(4)10(12)13/h6H,1-5H3,(H,12,13)/b9-7+,11-8+. The molecule has 0 rings (SSSR count). The lowest BCUT2D eigenvalue weighted by molar-refractivity contribution is -0.129. The molecule has 0 amide bonds. The molecule has 4 heteroatoms. The van der Waals surface area contributed by atoms with Gasteiger partial charge in [0.15, 0.2) is 0 Å². The van der Waals surface area contributed by atoms with E-state index in [2.05, 4.69) is 4.99 Å². The van der Waals surface area contributed by atoms with Crippen LogP contribution >= 0.6 is 0 Å². The number of allylic oxidation sites excluding steroid dienone is 2. The van der Waals surface area contributed by atoms with Gasteiger partial charge in [0, 0.05) is 0 Å². The highest BCUT2D eigenvalue weighted by molar-refractivity contribution is 6.34. The number of aliphatic imine (C=N–C) groups is 1. The van der Waals surface area contributed by atoms with E-state index in [1.54, 1.807) is 13.8 Å². The predicted molar refractivity (Wildman–Crippen MR) is 55.3 cm³/mol. The van der Waals surface area contributed by atoms with Gasteiger partial charge in [-0.05, 0) is 34.6 Å². The summed E-state index contributed by atoms with van der Waals surface area (Å²) in [5.74, 6) is -0.359. The highest BCUT2D eigenvalue weighted by atomic mass is 16.5. The number of hydrogen-bond donors (Lipinski definition) is 1. The van der Waals surface area contributed by atoms with Crippen molar-refractivity contribution < 1.29 is 14.6 Å². The molecule has 0 aromatic heterocycles. The van der Waals surface area contributed by atoms with Crippen molar-refractivity contribution in [3.63, 3.8) is 0 Å². The van der Waals surface area contributed by atoms with E-state index in [-0.39, 0.29) is 11.8 Å². The first-order chi connectivity index (χ1) is 6.34. The van der Waals surface area contributed by atoms with Crippen LogP contribution < -0.4 is 0 Å². The van der Waals surface area contributed by atoms with Gasteiger partial charge in [-0.25, -0.2) is 9.79 Å². The van der Waals surface area contributed by atoms with Crippen molar-refractivity contribution >= 4 is 11.7 Å². The fraction of sp³-hybridized carbons (Fsp3) is 0.600. The molecule has 0 aromatic carbocycles. The van der Waals surface area contributed by atoms with Crippen molar-refractivity contribution in [2.75, 3.05) is 0 Å². The van der Waals surface area contributed by atoms with Crippen LogP contribution in [0.25, 0.3) is 0 Å². The molecule has 0 unspecified atom stereocenters. The van der Waals surface area contributed by atoms with Gasteiger partial charge < -0.3 is 9.84 Å². The molecule has 4 nitrogen and oxygen atoms in total. The normalized spacial score (nSPS) is 14.0. The smallest absolute Gasteiger partial charge is 0.349 e. The van der Waals surface area contributed by atoms with Crippen molar-refractivity contribution in [3.05, 3.63) is 11.5 Å². The molecule has 0 aliphatic rings. The molecule has 0 fully saturated rings. The Morgan fingerprint density at radius 1 is 1.29 bits per heavy atom. The maximum absolute atomic E-state index is 10.5. The van der Waals surface area contributed by atoms with Gasteiger partial charge >= 0.3 is 5.97 Å². The average molecular weight is 199 g/mol. The number of carboxylic acid groups (broad SMARTS) is 1. The van der Waals surface area contributed by atoms with Crippen molar-refractivity contribution in [2.24, 2.45) is 4.99 Å². The maximum Gasteiger partial charge on any atom is 0.349 e. The first kappa shape index (κ1) is 12.7. The van der Waals surface area contributed by atoms with Crippen LogP contribution in [-0.2, 0) is 9.53 Å². The zero-order chi connectivity index (χ0) is 11.3. The molecular formula is C10H17NO3. The van der Waals surface area contributed by atoms with Crippen molar-refractivity contribution in [1.29, 1.82) is 0 Å². The zero-order valence-corrected chi connectivity index (χ0v) is 9.29. The third kappa shape index (κ3) is 4.64. The van der Waals surface area contributed by atoms with Gasteiger partial charge in [0.1, 0.15) is 11.5 Å². The second-order valence-corrected chi connectivity index (χ2v) is 3.31. The lowest BCUT2D eigenvalue weighted by atomic mass is 10.3. The van der Waals surface area contributed by atoms with Gasteiger partial charge in [0.2, 0.25) is 0 Å². The second kappa shape index (κ2) is 5.42. The Balaban J connectivity index is 4.67. The fourth-order valence-electron chi connectivity index (χ4n) is 0.817. The number of carboxylic acids is 1. The summed E-state index contributed by atoms with van der Waals surface area (Å²) >= 11 is 0. The van der Waals surface area contributed by atoms with E-state index >= 15 is 0 Å². The Labute approximate surface area is 84.3 Å². The van der Waals surface area contributed by atoms with Gasteiger partial charge in [-0.3, -0.25) is 0 Å². The molecule has 14 heavy (non-hydrogen) atoms. The minimum atomic E-state index is -1.01. The molecule has 0 spiro atoms. The Bertz CT molecular complexity index is 277. The largest absolute Gasteiger partial charge is 0.494 e. The minimum Gasteiger partial charge on any atom is -0.494 e. The van der Waals surface area contributed by atoms with E-state index in [9.17, 15) is 4.79 Å². The summed E-state index contributed by atoms with van der Waals surface area (Å²) in [5.41, 5.74) is 0.660. The van der Waals surface area contributed by atoms with Gasteiger partial charge in [-0.2, -0.15) is 0 Å². The lowest BCUT2D eigenvalue weighted by Crippen LogP contribution is -2.09. The van der Waals surface area contributed by atoms with Crippen LogP contribution in [0.4, 0.5) is 0 Å². The van der Waals surface area contributed by atoms with Crippen LogP contribution in [0, 0.1) is 0 Å². The quantitative estimate of drug-likeness (QED) is 0.557. The number of carbonyl (C=O) groups is 1. The van der Waals surface area contributed by atoms with Gasteiger partial charge in [0.25, 0.3) is 0 Å². The molecule has 0 aliphatic heterocycles. The topological polar surface area (TPSA) is 58.9 Å². The van der Waals surface area contributed by atoms with E-state index in [4.69, 9.17) is 9.84 Å². The van der Waals surface area contributed by atoms with Crippen LogP contribution in [0.1, 0.15) is 34.6 Å². The number of ether oxygens (including phenoxy) is 1. The molecule has 0 aromatic rings. The van der Waals surface area contributed by atoms with Crippen LogP contribution in [0.15, 0.2) is 16.4 Å². The van der Waals surface area contributed by atoms with Crippen molar-refractivity contribution in [2.45, 2.75) is 40.7 Å². The summed E-state index contributed by atoms with van der Waals surface area (Å²) in [6, 6.07) is 0. The third-order valence-corrected chi connectivity index (χ3v) is 1.57. The van der Waals surface area contributed by atoms with Gasteiger partial charge in [-0.1, -0.05) is 0 Å². The molecule has 0 radical (unpaired) electrons. The number of aliphatic carboxylic acids is 1. The van der Waals surface area contributed by atoms with Gasteiger partial charge in [0.05, 0.1) is 11.8 Å². The predicted octanol–water partition coefficient (Wildman–Crippen LogP) is 2.21. The van der Waals surface area contributed by atoms with Crippen molar-refractivity contribution in [1.82, 2.24) is 0 Å². The summed E-state index contributed by atoms with van der Waals surface area (Å²) in [7, 11) is 0. The lowest BCUT2D eigenvalue weighted by Gasteiger charge is -2.11. The molecule has 0 atom stereocenters. The molecular weight excluding hydrogens is 182 g/mol. The van der Waals surface area contributed by atoms with E-state index in [1.165, 1.54) is 6.92 Å². The van der Waals surface area contributed by atoms with E-state index in [0.717, 1.165) is 0 Å². The summed E-state index contributed by atoms with van der Waals surface area (Å²) in [6.45, 7) is 8.77. The highest BCUT2D eigenvalue weighted by Gasteiger charge is 2.04. The maximum atomic E-state index is 10.5. The molecule has 1 N–H and O–H groups in total. The molecule has 0 saturated heterocycles. The van der Waals surface area contributed by atoms with Crippen LogP contribution in [-0.4, -0.2) is 22.9 Å². The summed E-state index contributed by atoms with van der Waals surface area (Å²) in [4.78, 5) is 14.4. The molecule has 0 bridgehead atoms. The zero-order valence-electron chi connectivity index (χ0n) is 9.29. The molecule has 0 heterocycles. The second-order valence-electron chi connectivity index (χ2n) is 3.31. The van der Waals surface area contributed by atoms with E-state index in [1.807, 2.05) is 13.8 Å². The minimum absolute atomic E-state index is 0.0641.